The summed E-state index contributed by atoms with van der Waals surface area (Å²) in [5.74, 6) is -0.0550. The van der Waals surface area contributed by atoms with E-state index < -0.39 is 21.7 Å². The second-order valence-electron chi connectivity index (χ2n) is 7.19. The Hall–Kier alpha value is -0.700. The summed E-state index contributed by atoms with van der Waals surface area (Å²) in [7, 11) is -3.66. The Morgan fingerprint density at radius 1 is 1.17 bits per heavy atom. The molecule has 2 N–H and O–H groups in total. The lowest BCUT2D eigenvalue weighted by atomic mass is 9.82. The molecule has 132 valence electrons. The van der Waals surface area contributed by atoms with Crippen molar-refractivity contribution in [1.29, 1.82) is 0 Å². The van der Waals surface area contributed by atoms with Gasteiger partial charge in [0.25, 0.3) is 10.2 Å². The van der Waals surface area contributed by atoms with Crippen molar-refractivity contribution >= 4 is 16.2 Å². The molecular formula is C15H26N2O5S. The quantitative estimate of drug-likeness (QED) is 0.773. The van der Waals surface area contributed by atoms with Gasteiger partial charge in [-0.25, -0.2) is 0 Å². The lowest BCUT2D eigenvalue weighted by molar-refractivity contribution is -0.139. The van der Waals surface area contributed by atoms with Gasteiger partial charge in [0.05, 0.1) is 6.42 Å². The Balaban J connectivity index is 1.72. The highest BCUT2D eigenvalue weighted by Gasteiger charge is 2.44. The van der Waals surface area contributed by atoms with Crippen LogP contribution in [0.3, 0.4) is 0 Å². The third-order valence-electron chi connectivity index (χ3n) is 5.57. The molecule has 0 aromatic heterocycles. The van der Waals surface area contributed by atoms with Gasteiger partial charge in [0.2, 0.25) is 0 Å². The van der Waals surface area contributed by atoms with Crippen LogP contribution in [0.5, 0.6) is 0 Å². The van der Waals surface area contributed by atoms with Gasteiger partial charge in [0.1, 0.15) is 0 Å². The first-order chi connectivity index (χ1) is 10.9. The normalized spacial score (nSPS) is 31.7. The number of hydrogen-bond donors (Lipinski definition) is 2. The molecule has 3 fully saturated rings. The molecule has 23 heavy (non-hydrogen) atoms. The summed E-state index contributed by atoms with van der Waals surface area (Å²) in [5, 5.41) is 9.17. The van der Waals surface area contributed by atoms with Gasteiger partial charge in [0.15, 0.2) is 0 Å². The van der Waals surface area contributed by atoms with Gasteiger partial charge in [-0.15, -0.1) is 0 Å². The summed E-state index contributed by atoms with van der Waals surface area (Å²) >= 11 is 0. The fourth-order valence-corrected chi connectivity index (χ4v) is 5.99. The summed E-state index contributed by atoms with van der Waals surface area (Å²) in [4.78, 5) is 11.2. The Kier molecular flexibility index (Phi) is 4.96. The minimum atomic E-state index is -3.66. The highest BCUT2D eigenvalue weighted by atomic mass is 32.2. The van der Waals surface area contributed by atoms with Crippen molar-refractivity contribution in [1.82, 2.24) is 9.03 Å². The highest BCUT2D eigenvalue weighted by Crippen LogP contribution is 2.37. The molecule has 3 rings (SSSR count). The summed E-state index contributed by atoms with van der Waals surface area (Å²) in [6.45, 7) is 1.92. The number of aliphatic carboxylic acids is 1. The van der Waals surface area contributed by atoms with E-state index in [0.29, 0.717) is 51.0 Å². The zero-order valence-electron chi connectivity index (χ0n) is 13.4. The van der Waals surface area contributed by atoms with Crippen molar-refractivity contribution in [2.45, 2.75) is 50.5 Å². The number of rotatable bonds is 5. The summed E-state index contributed by atoms with van der Waals surface area (Å²) in [6.07, 6.45) is 5.18. The molecule has 1 aliphatic carbocycles. The van der Waals surface area contributed by atoms with E-state index in [1.807, 2.05) is 0 Å². The van der Waals surface area contributed by atoms with Crippen LogP contribution in [-0.2, 0) is 19.7 Å². The monoisotopic (exact) mass is 346 g/mol. The van der Waals surface area contributed by atoms with Crippen molar-refractivity contribution in [3.63, 3.8) is 0 Å². The smallest absolute Gasteiger partial charge is 0.305 e. The van der Waals surface area contributed by atoms with Crippen LogP contribution in [0.25, 0.3) is 0 Å². The van der Waals surface area contributed by atoms with Gasteiger partial charge in [-0.05, 0) is 37.5 Å². The van der Waals surface area contributed by atoms with Crippen LogP contribution in [0.15, 0.2) is 0 Å². The predicted molar refractivity (Wildman–Crippen MR) is 84.1 cm³/mol. The fraction of sp³-hybridized carbons (Fsp3) is 0.933. The van der Waals surface area contributed by atoms with Crippen LogP contribution in [0.2, 0.25) is 0 Å². The zero-order chi connectivity index (χ0) is 16.5. The van der Waals surface area contributed by atoms with E-state index in [1.54, 1.807) is 0 Å². The number of nitrogens with one attached hydrogen (secondary N) is 1. The molecule has 0 bridgehead atoms. The lowest BCUT2D eigenvalue weighted by Gasteiger charge is -2.37. The molecule has 0 spiro atoms. The summed E-state index contributed by atoms with van der Waals surface area (Å²) in [6, 6.07) is 0. The lowest BCUT2D eigenvalue weighted by Crippen LogP contribution is -2.56. The Morgan fingerprint density at radius 2 is 1.74 bits per heavy atom. The zero-order valence-corrected chi connectivity index (χ0v) is 14.2. The van der Waals surface area contributed by atoms with Crippen molar-refractivity contribution in [3.05, 3.63) is 0 Å². The average Bonchev–Trinajstić information content (AvgIpc) is 2.91. The number of fused-ring (bicyclic) bond motifs is 1. The standard InChI is InChI=1S/C15H26N2O5S/c18-14(19)9-15(5-7-22-8-6-15)16-23(20,21)17-10-12-3-1-2-4-13(12)11-17/h12-13,16H,1-11H2,(H,18,19)/t12-,13+. The maximum atomic E-state index is 12.8. The first kappa shape index (κ1) is 17.1. The summed E-state index contributed by atoms with van der Waals surface area (Å²) < 4.78 is 35.2. The van der Waals surface area contributed by atoms with Gasteiger partial charge in [0, 0.05) is 31.8 Å². The fourth-order valence-electron chi connectivity index (χ4n) is 4.26. The molecule has 0 aromatic rings. The van der Waals surface area contributed by atoms with Crippen LogP contribution >= 0.6 is 0 Å². The van der Waals surface area contributed by atoms with Crippen molar-refractivity contribution in [2.75, 3.05) is 26.3 Å². The van der Waals surface area contributed by atoms with Crippen LogP contribution < -0.4 is 4.72 Å². The molecule has 0 radical (unpaired) electrons. The van der Waals surface area contributed by atoms with Gasteiger partial charge in [-0.1, -0.05) is 12.8 Å². The molecule has 2 atom stereocenters. The van der Waals surface area contributed by atoms with E-state index in [9.17, 15) is 18.3 Å². The number of carbonyl (C=O) groups is 1. The van der Waals surface area contributed by atoms with E-state index in [2.05, 4.69) is 4.72 Å². The van der Waals surface area contributed by atoms with Crippen molar-refractivity contribution < 1.29 is 23.1 Å². The largest absolute Gasteiger partial charge is 0.481 e. The second kappa shape index (κ2) is 6.66. The van der Waals surface area contributed by atoms with Crippen LogP contribution in [0.4, 0.5) is 0 Å². The number of nitrogens with zero attached hydrogens (tertiary/aromatic N) is 1. The van der Waals surface area contributed by atoms with E-state index in [0.717, 1.165) is 12.8 Å². The minimum absolute atomic E-state index is 0.198. The Morgan fingerprint density at radius 3 is 2.26 bits per heavy atom. The van der Waals surface area contributed by atoms with E-state index in [4.69, 9.17) is 4.74 Å². The molecule has 7 nitrogen and oxygen atoms in total. The van der Waals surface area contributed by atoms with Gasteiger partial charge < -0.3 is 9.84 Å². The average molecular weight is 346 g/mol. The third kappa shape index (κ3) is 3.87. The van der Waals surface area contributed by atoms with Crippen LogP contribution in [0.1, 0.15) is 44.9 Å². The van der Waals surface area contributed by atoms with Crippen LogP contribution in [-0.4, -0.2) is 55.6 Å². The molecule has 2 heterocycles. The van der Waals surface area contributed by atoms with Crippen molar-refractivity contribution in [3.8, 4) is 0 Å². The van der Waals surface area contributed by atoms with E-state index in [1.165, 1.54) is 17.1 Å². The molecule has 2 saturated heterocycles. The maximum Gasteiger partial charge on any atom is 0.305 e. The maximum absolute atomic E-state index is 12.8. The van der Waals surface area contributed by atoms with E-state index >= 15 is 0 Å². The second-order valence-corrected chi connectivity index (χ2v) is 8.86. The molecular weight excluding hydrogens is 320 g/mol. The van der Waals surface area contributed by atoms with Gasteiger partial charge >= 0.3 is 5.97 Å². The summed E-state index contributed by atoms with van der Waals surface area (Å²) in [5.41, 5.74) is -0.920. The molecule has 0 unspecified atom stereocenters. The van der Waals surface area contributed by atoms with E-state index in [-0.39, 0.29) is 6.42 Å². The molecule has 2 aliphatic heterocycles. The number of ether oxygens (including phenoxy) is 1. The number of carboxylic acid groups (broad SMARTS) is 1. The SMILES string of the molecule is O=C(O)CC1(NS(=O)(=O)N2C[C@H]3CCCC[C@H]3C2)CCOCC1. The number of carboxylic acids is 1. The first-order valence-corrected chi connectivity index (χ1v) is 9.93. The Bertz CT molecular complexity index is 530. The molecule has 8 heteroatoms. The highest BCUT2D eigenvalue weighted by molar-refractivity contribution is 7.87. The molecule has 0 aromatic carbocycles. The topological polar surface area (TPSA) is 95.9 Å². The molecule has 3 aliphatic rings. The van der Waals surface area contributed by atoms with Gasteiger partial charge in [-0.2, -0.15) is 17.4 Å². The number of hydrogen-bond acceptors (Lipinski definition) is 4. The third-order valence-corrected chi connectivity index (χ3v) is 7.24. The first-order valence-electron chi connectivity index (χ1n) is 8.49. The van der Waals surface area contributed by atoms with Crippen molar-refractivity contribution in [2.24, 2.45) is 11.8 Å². The Labute approximate surface area is 137 Å². The minimum Gasteiger partial charge on any atom is -0.481 e. The molecule has 1 saturated carbocycles. The van der Waals surface area contributed by atoms with Gasteiger partial charge in [-0.3, -0.25) is 4.79 Å². The predicted octanol–water partition coefficient (Wildman–Crippen LogP) is 0.967. The van der Waals surface area contributed by atoms with Crippen LogP contribution in [0, 0.1) is 11.8 Å². The molecule has 0 amide bonds.